The van der Waals surface area contributed by atoms with Crippen molar-refractivity contribution in [2.75, 3.05) is 0 Å². The van der Waals surface area contributed by atoms with Crippen molar-refractivity contribution in [3.05, 3.63) is 135 Å². The van der Waals surface area contributed by atoms with Crippen LogP contribution in [0.2, 0.25) is 0 Å². The Morgan fingerprint density at radius 2 is 1.55 bits per heavy atom. The molecule has 0 spiro atoms. The number of allylic oxidation sites excluding steroid dienone is 2. The van der Waals surface area contributed by atoms with Crippen molar-refractivity contribution in [2.45, 2.75) is 39.5 Å². The highest BCUT2D eigenvalue weighted by Crippen LogP contribution is 2.44. The lowest BCUT2D eigenvalue weighted by Crippen LogP contribution is -1.99. The molecular formula is C42H33NS. The number of fused-ring (bicyclic) bond motifs is 5. The van der Waals surface area contributed by atoms with Gasteiger partial charge in [-0.25, -0.2) is 0 Å². The largest absolute Gasteiger partial charge is 0.309 e. The van der Waals surface area contributed by atoms with Crippen LogP contribution in [0.25, 0.3) is 72.0 Å². The van der Waals surface area contributed by atoms with Crippen LogP contribution in [-0.4, -0.2) is 4.57 Å². The number of nitrogens with zero attached hydrogens (tertiary/aromatic N) is 1. The fraction of sp³-hybridized carbons (Fsp3) is 0.143. The number of hydrogen-bond donors (Lipinski definition) is 0. The van der Waals surface area contributed by atoms with Crippen LogP contribution >= 0.6 is 11.3 Å². The standard InChI is InChI=1S/C42H33NS/c1-4-8-33-32-11-5-6-12-38(32)44-42(33)26(3)27-16-19-31(20-17-27)43-36-23-25(2)13-21-34(36)41-35-22-18-29-10-7-9-28-14-15-30(24-37(41)43)40(35)39(28)29/h4,6-10,12-24,26H,5,11H2,1-3H3/b8-4-. The highest BCUT2D eigenvalue weighted by Gasteiger charge is 2.22. The molecule has 1 unspecified atom stereocenters. The van der Waals surface area contributed by atoms with Crippen LogP contribution < -0.4 is 0 Å². The molecule has 1 atom stereocenters. The minimum atomic E-state index is 0.334. The predicted molar refractivity (Wildman–Crippen MR) is 193 cm³/mol. The Bertz CT molecular complexity index is 2450. The van der Waals surface area contributed by atoms with Crippen molar-refractivity contribution >= 4 is 77.6 Å². The van der Waals surface area contributed by atoms with Gasteiger partial charge in [0, 0.05) is 32.1 Å². The van der Waals surface area contributed by atoms with E-state index in [1.807, 2.05) is 11.3 Å². The van der Waals surface area contributed by atoms with Crippen LogP contribution in [0.1, 0.15) is 58.2 Å². The van der Waals surface area contributed by atoms with E-state index in [-0.39, 0.29) is 0 Å². The molecule has 1 aliphatic rings. The summed E-state index contributed by atoms with van der Waals surface area (Å²) < 4.78 is 2.49. The third-order valence-electron chi connectivity index (χ3n) is 9.85. The molecule has 0 bridgehead atoms. The SMILES string of the molecule is C/C=C\c1c(C(C)c2ccc(-n3c4cc(C)ccc4c4c5ccc6cccc7ccc(cc43)c5c76)cc2)sc2c1CCC=C2. The predicted octanol–water partition coefficient (Wildman–Crippen LogP) is 12.2. The summed E-state index contributed by atoms with van der Waals surface area (Å²) in [5, 5.41) is 10.7. The first kappa shape index (κ1) is 25.8. The average Bonchev–Trinajstić information content (AvgIpc) is 3.58. The Morgan fingerprint density at radius 1 is 0.773 bits per heavy atom. The number of aryl methyl sites for hydroxylation is 1. The molecule has 0 N–H and O–H groups in total. The van der Waals surface area contributed by atoms with Crippen LogP contribution in [0, 0.1) is 6.92 Å². The Labute approximate surface area is 261 Å². The molecule has 212 valence electrons. The molecule has 0 saturated heterocycles. The number of rotatable bonds is 4. The molecule has 0 saturated carbocycles. The topological polar surface area (TPSA) is 4.93 Å². The normalized spacial score (nSPS) is 14.2. The maximum atomic E-state index is 2.49. The zero-order valence-electron chi connectivity index (χ0n) is 25.3. The second kappa shape index (κ2) is 9.67. The lowest BCUT2D eigenvalue weighted by atomic mass is 9.92. The van der Waals surface area contributed by atoms with Crippen LogP contribution in [-0.2, 0) is 6.42 Å². The van der Waals surface area contributed by atoms with Crippen molar-refractivity contribution in [2.24, 2.45) is 0 Å². The van der Waals surface area contributed by atoms with Gasteiger partial charge in [0.25, 0.3) is 0 Å². The van der Waals surface area contributed by atoms with Crippen molar-refractivity contribution in [3.63, 3.8) is 0 Å². The summed E-state index contributed by atoms with van der Waals surface area (Å²) in [7, 11) is 0. The van der Waals surface area contributed by atoms with E-state index in [9.17, 15) is 0 Å². The third kappa shape index (κ3) is 3.64. The number of hydrogen-bond acceptors (Lipinski definition) is 1. The molecule has 2 heterocycles. The minimum Gasteiger partial charge on any atom is -0.309 e. The zero-order chi connectivity index (χ0) is 29.5. The first-order valence-electron chi connectivity index (χ1n) is 15.8. The van der Waals surface area contributed by atoms with Gasteiger partial charge in [-0.15, -0.1) is 11.3 Å². The number of aromatic nitrogens is 1. The van der Waals surface area contributed by atoms with Gasteiger partial charge in [0.15, 0.2) is 0 Å². The molecule has 0 fully saturated rings. The van der Waals surface area contributed by atoms with Gasteiger partial charge in [0.2, 0.25) is 0 Å². The van der Waals surface area contributed by atoms with Crippen LogP contribution in [0.15, 0.2) is 103 Å². The van der Waals surface area contributed by atoms with Crippen molar-refractivity contribution in [1.29, 1.82) is 0 Å². The molecule has 1 aliphatic carbocycles. The molecule has 9 rings (SSSR count). The molecule has 2 aromatic heterocycles. The summed E-state index contributed by atoms with van der Waals surface area (Å²) in [4.78, 5) is 2.91. The molecule has 2 heteroatoms. The molecular weight excluding hydrogens is 551 g/mol. The van der Waals surface area contributed by atoms with Gasteiger partial charge >= 0.3 is 0 Å². The Balaban J connectivity index is 1.25. The Morgan fingerprint density at radius 3 is 2.36 bits per heavy atom. The molecule has 44 heavy (non-hydrogen) atoms. The van der Waals surface area contributed by atoms with E-state index in [4.69, 9.17) is 0 Å². The fourth-order valence-electron chi connectivity index (χ4n) is 7.76. The first-order valence-corrected chi connectivity index (χ1v) is 16.6. The van der Waals surface area contributed by atoms with E-state index >= 15 is 0 Å². The highest BCUT2D eigenvalue weighted by molar-refractivity contribution is 7.13. The van der Waals surface area contributed by atoms with Gasteiger partial charge in [0.05, 0.1) is 11.0 Å². The van der Waals surface area contributed by atoms with Crippen molar-refractivity contribution < 1.29 is 0 Å². The molecule has 0 aliphatic heterocycles. The van der Waals surface area contributed by atoms with Gasteiger partial charge in [-0.05, 0) is 112 Å². The lowest BCUT2D eigenvalue weighted by Gasteiger charge is -2.15. The zero-order valence-corrected chi connectivity index (χ0v) is 26.1. The van der Waals surface area contributed by atoms with E-state index in [2.05, 4.69) is 141 Å². The molecule has 8 aromatic rings. The minimum absolute atomic E-state index is 0.334. The lowest BCUT2D eigenvalue weighted by molar-refractivity contribution is 0.932. The van der Waals surface area contributed by atoms with E-state index < -0.39 is 0 Å². The van der Waals surface area contributed by atoms with Crippen molar-refractivity contribution in [1.82, 2.24) is 4.57 Å². The van der Waals surface area contributed by atoms with Gasteiger partial charge in [-0.2, -0.15) is 0 Å². The monoisotopic (exact) mass is 583 g/mol. The number of thiophene rings is 1. The van der Waals surface area contributed by atoms with E-state index in [0.29, 0.717) is 5.92 Å². The maximum absolute atomic E-state index is 2.49. The smallest absolute Gasteiger partial charge is 0.0553 e. The van der Waals surface area contributed by atoms with E-state index in [1.54, 1.807) is 0 Å². The van der Waals surface area contributed by atoms with E-state index in [1.165, 1.54) is 91.8 Å². The second-order valence-corrected chi connectivity index (χ2v) is 13.5. The van der Waals surface area contributed by atoms with Crippen LogP contribution in [0.3, 0.4) is 0 Å². The third-order valence-corrected chi connectivity index (χ3v) is 11.2. The Hall–Kier alpha value is -4.66. The summed E-state index contributed by atoms with van der Waals surface area (Å²) in [5.41, 5.74) is 9.36. The van der Waals surface area contributed by atoms with Crippen LogP contribution in [0.4, 0.5) is 0 Å². The summed E-state index contributed by atoms with van der Waals surface area (Å²) in [6.07, 6.45) is 11.5. The van der Waals surface area contributed by atoms with Gasteiger partial charge < -0.3 is 4.57 Å². The molecule has 0 radical (unpaired) electrons. The van der Waals surface area contributed by atoms with Gasteiger partial charge in [-0.1, -0.05) is 91.9 Å². The first-order chi connectivity index (χ1) is 21.6. The fourth-order valence-corrected chi connectivity index (χ4v) is 9.11. The maximum Gasteiger partial charge on any atom is 0.0553 e. The highest BCUT2D eigenvalue weighted by atomic mass is 32.1. The van der Waals surface area contributed by atoms with Gasteiger partial charge in [-0.3, -0.25) is 0 Å². The van der Waals surface area contributed by atoms with Crippen LogP contribution in [0.5, 0.6) is 0 Å². The quantitative estimate of drug-likeness (QED) is 0.182. The molecule has 6 aromatic carbocycles. The van der Waals surface area contributed by atoms with Gasteiger partial charge in [0.1, 0.15) is 0 Å². The van der Waals surface area contributed by atoms with Crippen molar-refractivity contribution in [3.8, 4) is 5.69 Å². The average molecular weight is 584 g/mol. The van der Waals surface area contributed by atoms with E-state index in [0.717, 1.165) is 12.8 Å². The Kier molecular flexibility index (Phi) is 5.67. The summed E-state index contributed by atoms with van der Waals surface area (Å²) >= 11 is 1.97. The second-order valence-electron chi connectivity index (χ2n) is 12.5. The molecule has 1 nitrogen and oxygen atoms in total. The number of benzene rings is 6. The summed E-state index contributed by atoms with van der Waals surface area (Å²) in [5.74, 6) is 0.334. The summed E-state index contributed by atoms with van der Waals surface area (Å²) in [6, 6.07) is 34.6. The molecule has 0 amide bonds. The summed E-state index contributed by atoms with van der Waals surface area (Å²) in [6.45, 7) is 6.70.